The Hall–Kier alpha value is -1.15. The van der Waals surface area contributed by atoms with E-state index in [1.807, 2.05) is 6.92 Å². The van der Waals surface area contributed by atoms with Gasteiger partial charge in [-0.05, 0) is 69.3 Å². The molecule has 2 rings (SSSR count). The maximum atomic E-state index is 9.40. The smallest absolute Gasteiger partial charge is 0.119 e. The van der Waals surface area contributed by atoms with Crippen LogP contribution >= 0.6 is 0 Å². The third-order valence-electron chi connectivity index (χ3n) is 4.74. The lowest BCUT2D eigenvalue weighted by Gasteiger charge is -2.41. The van der Waals surface area contributed by atoms with Crippen molar-refractivity contribution < 1.29 is 4.79 Å². The van der Waals surface area contributed by atoms with Crippen molar-refractivity contribution in [2.24, 2.45) is 0 Å². The third kappa shape index (κ3) is 4.96. The van der Waals surface area contributed by atoms with Gasteiger partial charge in [-0.1, -0.05) is 38.1 Å². The zero-order chi connectivity index (χ0) is 15.7. The minimum absolute atomic E-state index is 0.442. The van der Waals surface area contributed by atoms with Gasteiger partial charge < -0.3 is 9.69 Å². The van der Waals surface area contributed by atoms with E-state index < -0.39 is 0 Å². The number of hydrogen-bond acceptors (Lipinski definition) is 2. The number of nitrogens with zero attached hydrogens (tertiary/aromatic N) is 1. The van der Waals surface area contributed by atoms with Crippen molar-refractivity contribution >= 4 is 6.29 Å². The molecule has 0 unspecified atom stereocenters. The molecule has 0 atom stereocenters. The summed E-state index contributed by atoms with van der Waals surface area (Å²) in [6, 6.07) is 8.93. The molecule has 0 aromatic heterocycles. The molecule has 1 aromatic rings. The van der Waals surface area contributed by atoms with E-state index in [9.17, 15) is 4.79 Å². The van der Waals surface area contributed by atoms with Gasteiger partial charge in [0.15, 0.2) is 0 Å². The second-order valence-corrected chi connectivity index (χ2v) is 6.21. The summed E-state index contributed by atoms with van der Waals surface area (Å²) in [4.78, 5) is 11.9. The predicted octanol–water partition coefficient (Wildman–Crippen LogP) is 4.35. The van der Waals surface area contributed by atoms with Gasteiger partial charge in [0.2, 0.25) is 0 Å². The molecule has 21 heavy (non-hydrogen) atoms. The van der Waals surface area contributed by atoms with Crippen molar-refractivity contribution in [3.63, 3.8) is 0 Å². The molecule has 0 N–H and O–H groups in total. The van der Waals surface area contributed by atoms with Crippen LogP contribution in [-0.4, -0.2) is 31.3 Å². The van der Waals surface area contributed by atoms with Crippen LogP contribution in [0.1, 0.15) is 57.1 Å². The quantitative estimate of drug-likeness (QED) is 0.768. The number of rotatable bonds is 4. The van der Waals surface area contributed by atoms with Crippen LogP contribution in [0.4, 0.5) is 0 Å². The minimum Gasteiger partial charge on any atom is -0.306 e. The summed E-state index contributed by atoms with van der Waals surface area (Å²) in [5.41, 5.74) is 3.50. The largest absolute Gasteiger partial charge is 0.306 e. The average molecular weight is 289 g/mol. The molecule has 1 saturated heterocycles. The predicted molar refractivity (Wildman–Crippen MR) is 90.9 cm³/mol. The van der Waals surface area contributed by atoms with E-state index >= 15 is 0 Å². The van der Waals surface area contributed by atoms with E-state index in [0.717, 1.165) is 12.7 Å². The molecule has 0 saturated carbocycles. The Morgan fingerprint density at radius 2 is 1.81 bits per heavy atom. The van der Waals surface area contributed by atoms with Crippen molar-refractivity contribution in [2.45, 2.75) is 58.3 Å². The fourth-order valence-corrected chi connectivity index (χ4v) is 3.15. The van der Waals surface area contributed by atoms with Crippen LogP contribution in [0.15, 0.2) is 24.3 Å². The van der Waals surface area contributed by atoms with Crippen molar-refractivity contribution in [2.75, 3.05) is 20.1 Å². The van der Waals surface area contributed by atoms with E-state index in [0.29, 0.717) is 11.8 Å². The maximum Gasteiger partial charge on any atom is 0.119 e. The Balaban J connectivity index is 0.000000383. The average Bonchev–Trinajstić information content (AvgIpc) is 2.51. The Labute approximate surface area is 130 Å². The van der Waals surface area contributed by atoms with Gasteiger partial charge >= 0.3 is 0 Å². The molecule has 1 heterocycles. The highest BCUT2D eigenvalue weighted by atomic mass is 16.1. The molecule has 1 fully saturated rings. The Morgan fingerprint density at radius 1 is 1.19 bits per heavy atom. The normalized spacial score (nSPS) is 17.7. The van der Waals surface area contributed by atoms with Crippen molar-refractivity contribution in [1.82, 2.24) is 4.90 Å². The van der Waals surface area contributed by atoms with Gasteiger partial charge in [0.1, 0.15) is 6.29 Å². The third-order valence-corrected chi connectivity index (χ3v) is 4.74. The van der Waals surface area contributed by atoms with Crippen LogP contribution in [0.3, 0.4) is 0 Å². The van der Waals surface area contributed by atoms with Gasteiger partial charge in [-0.3, -0.25) is 0 Å². The van der Waals surface area contributed by atoms with Crippen LogP contribution in [0.25, 0.3) is 0 Å². The molecule has 0 amide bonds. The fraction of sp³-hybridized carbons (Fsp3) is 0.632. The van der Waals surface area contributed by atoms with E-state index in [1.54, 1.807) is 5.56 Å². The Bertz CT molecular complexity index is 419. The van der Waals surface area contributed by atoms with Crippen LogP contribution < -0.4 is 0 Å². The topological polar surface area (TPSA) is 20.3 Å². The number of carbonyl (C=O) groups excluding carboxylic acids is 1. The molecule has 1 aliphatic heterocycles. The van der Waals surface area contributed by atoms with Gasteiger partial charge in [0.05, 0.1) is 0 Å². The zero-order valence-electron chi connectivity index (χ0n) is 14.2. The summed E-state index contributed by atoms with van der Waals surface area (Å²) in [5, 5.41) is 0. The lowest BCUT2D eigenvalue weighted by atomic mass is 9.69. The highest BCUT2D eigenvalue weighted by Crippen LogP contribution is 2.39. The fourth-order valence-electron chi connectivity index (χ4n) is 3.15. The first kappa shape index (κ1) is 17.9. The number of unbranched alkanes of at least 4 members (excludes halogenated alkanes) is 1. The molecule has 2 heteroatoms. The van der Waals surface area contributed by atoms with Gasteiger partial charge in [-0.25, -0.2) is 0 Å². The van der Waals surface area contributed by atoms with Gasteiger partial charge in [-0.15, -0.1) is 0 Å². The lowest BCUT2D eigenvalue weighted by Crippen LogP contribution is -2.40. The van der Waals surface area contributed by atoms with E-state index in [4.69, 9.17) is 0 Å². The first-order valence-electron chi connectivity index (χ1n) is 8.28. The molecule has 0 radical (unpaired) electrons. The summed E-state index contributed by atoms with van der Waals surface area (Å²) < 4.78 is 0. The molecule has 0 aliphatic carbocycles. The Morgan fingerprint density at radius 3 is 2.24 bits per heavy atom. The van der Waals surface area contributed by atoms with Gasteiger partial charge in [-0.2, -0.15) is 0 Å². The standard InChI is InChI=1S/C15H23N.C4H8O/c1-4-15(9-11-16(3)12-10-15)14-8-6-5-7-13(14)2;1-2-3-4-5/h5-8H,4,9-12H2,1-3H3;4H,2-3H2,1H3. The second-order valence-electron chi connectivity index (χ2n) is 6.21. The summed E-state index contributed by atoms with van der Waals surface area (Å²) in [6.07, 6.45) is 6.50. The van der Waals surface area contributed by atoms with Gasteiger partial charge in [0, 0.05) is 6.42 Å². The SMILES string of the molecule is CCC1(c2ccccc2C)CCN(C)CC1.CCCC=O. The first-order chi connectivity index (χ1) is 10.1. The molecular formula is C19H31NO. The molecule has 0 spiro atoms. The van der Waals surface area contributed by atoms with Crippen molar-refractivity contribution in [3.05, 3.63) is 35.4 Å². The number of likely N-dealkylation sites (tertiary alicyclic amines) is 1. The monoisotopic (exact) mass is 289 g/mol. The number of aryl methyl sites for hydroxylation is 1. The van der Waals surface area contributed by atoms with E-state index in [2.05, 4.69) is 50.1 Å². The van der Waals surface area contributed by atoms with Crippen molar-refractivity contribution in [3.8, 4) is 0 Å². The molecule has 2 nitrogen and oxygen atoms in total. The molecule has 1 aliphatic rings. The molecule has 118 valence electrons. The highest BCUT2D eigenvalue weighted by molar-refractivity contribution is 5.48. The van der Waals surface area contributed by atoms with E-state index in [-0.39, 0.29) is 0 Å². The molecular weight excluding hydrogens is 258 g/mol. The first-order valence-corrected chi connectivity index (χ1v) is 8.28. The number of hydrogen-bond donors (Lipinski definition) is 0. The number of benzene rings is 1. The zero-order valence-corrected chi connectivity index (χ0v) is 14.2. The maximum absolute atomic E-state index is 9.40. The summed E-state index contributed by atoms with van der Waals surface area (Å²) >= 11 is 0. The highest BCUT2D eigenvalue weighted by Gasteiger charge is 2.34. The second kappa shape index (κ2) is 8.99. The van der Waals surface area contributed by atoms with Crippen molar-refractivity contribution in [1.29, 1.82) is 0 Å². The molecule has 0 bridgehead atoms. The summed E-state index contributed by atoms with van der Waals surface area (Å²) in [7, 11) is 2.23. The van der Waals surface area contributed by atoms with Crippen LogP contribution in [0, 0.1) is 6.92 Å². The number of carbonyl (C=O) groups is 1. The number of aldehydes is 1. The van der Waals surface area contributed by atoms with Gasteiger partial charge in [0.25, 0.3) is 0 Å². The van der Waals surface area contributed by atoms with Crippen LogP contribution in [0.2, 0.25) is 0 Å². The van der Waals surface area contributed by atoms with Crippen LogP contribution in [0.5, 0.6) is 0 Å². The molecule has 1 aromatic carbocycles. The van der Waals surface area contributed by atoms with Crippen LogP contribution in [-0.2, 0) is 10.2 Å². The lowest BCUT2D eigenvalue weighted by molar-refractivity contribution is -0.107. The minimum atomic E-state index is 0.442. The van der Waals surface area contributed by atoms with E-state index in [1.165, 1.54) is 37.9 Å². The number of piperidine rings is 1. The Kier molecular flexibility index (Phi) is 7.66. The summed E-state index contributed by atoms with van der Waals surface area (Å²) in [5.74, 6) is 0. The summed E-state index contributed by atoms with van der Waals surface area (Å²) in [6.45, 7) is 9.06.